The first-order chi connectivity index (χ1) is 6.65. The average Bonchev–Trinajstić information content (AvgIpc) is 2.44. The lowest BCUT2D eigenvalue weighted by Crippen LogP contribution is -2.08. The second-order valence-electron chi connectivity index (χ2n) is 2.92. The summed E-state index contributed by atoms with van der Waals surface area (Å²) in [4.78, 5) is 10.4. The van der Waals surface area contributed by atoms with Gasteiger partial charge in [-0.2, -0.15) is 5.10 Å². The fourth-order valence-electron chi connectivity index (χ4n) is 1.26. The van der Waals surface area contributed by atoms with Crippen LogP contribution in [0, 0.1) is 0 Å². The van der Waals surface area contributed by atoms with Crippen molar-refractivity contribution >= 4 is 32.8 Å². The first-order valence-corrected chi connectivity index (χ1v) is 4.79. The molecule has 1 heterocycles. The molecular formula is C9H7BrN2O2. The number of hydrogen-bond donors (Lipinski definition) is 1. The van der Waals surface area contributed by atoms with Crippen molar-refractivity contribution in [2.45, 2.75) is 6.54 Å². The third kappa shape index (κ3) is 1.77. The third-order valence-electron chi connectivity index (χ3n) is 1.81. The van der Waals surface area contributed by atoms with Crippen molar-refractivity contribution in [3.63, 3.8) is 0 Å². The molecule has 4 nitrogen and oxygen atoms in total. The molecule has 0 amide bonds. The average molecular weight is 255 g/mol. The number of aromatic nitrogens is 2. The molecule has 2 rings (SSSR count). The Labute approximate surface area is 88.3 Å². The SMILES string of the molecule is O=C(O)Cn1cc2ccc(Br)cc2n1. The monoisotopic (exact) mass is 254 g/mol. The summed E-state index contributed by atoms with van der Waals surface area (Å²) in [5, 5.41) is 13.6. The molecule has 0 unspecified atom stereocenters. The van der Waals surface area contributed by atoms with Gasteiger partial charge in [0, 0.05) is 16.1 Å². The van der Waals surface area contributed by atoms with Crippen LogP contribution in [0.3, 0.4) is 0 Å². The van der Waals surface area contributed by atoms with E-state index in [1.807, 2.05) is 18.2 Å². The summed E-state index contributed by atoms with van der Waals surface area (Å²) in [6, 6.07) is 5.65. The van der Waals surface area contributed by atoms with Gasteiger partial charge >= 0.3 is 5.97 Å². The molecule has 5 heteroatoms. The Balaban J connectivity index is 2.46. The van der Waals surface area contributed by atoms with E-state index in [1.165, 1.54) is 4.68 Å². The van der Waals surface area contributed by atoms with Crippen LogP contribution >= 0.6 is 15.9 Å². The normalized spacial score (nSPS) is 10.6. The molecule has 1 N–H and O–H groups in total. The lowest BCUT2D eigenvalue weighted by molar-refractivity contribution is -0.137. The van der Waals surface area contributed by atoms with Crippen LogP contribution in [0.4, 0.5) is 0 Å². The number of rotatable bonds is 2. The topological polar surface area (TPSA) is 55.1 Å². The number of benzene rings is 1. The zero-order valence-corrected chi connectivity index (χ0v) is 8.73. The lowest BCUT2D eigenvalue weighted by Gasteiger charge is -1.92. The van der Waals surface area contributed by atoms with E-state index in [0.717, 1.165) is 15.4 Å². The molecule has 0 fully saturated rings. The van der Waals surface area contributed by atoms with Crippen LogP contribution in [0.15, 0.2) is 28.9 Å². The van der Waals surface area contributed by atoms with Gasteiger partial charge in [-0.25, -0.2) is 0 Å². The maximum Gasteiger partial charge on any atom is 0.325 e. The number of carbonyl (C=O) groups is 1. The number of hydrogen-bond acceptors (Lipinski definition) is 2. The fourth-order valence-corrected chi connectivity index (χ4v) is 1.61. The van der Waals surface area contributed by atoms with Gasteiger partial charge in [-0.05, 0) is 12.1 Å². The molecule has 0 atom stereocenters. The smallest absolute Gasteiger partial charge is 0.325 e. The van der Waals surface area contributed by atoms with Crippen LogP contribution in [-0.4, -0.2) is 20.9 Å². The molecule has 2 aromatic rings. The minimum Gasteiger partial charge on any atom is -0.480 e. The minimum atomic E-state index is -0.892. The van der Waals surface area contributed by atoms with E-state index >= 15 is 0 Å². The predicted octanol–water partition coefficient (Wildman–Crippen LogP) is 1.88. The van der Waals surface area contributed by atoms with Crippen LogP contribution in [0.2, 0.25) is 0 Å². The van der Waals surface area contributed by atoms with Crippen molar-refractivity contribution in [3.05, 3.63) is 28.9 Å². The number of nitrogens with zero attached hydrogens (tertiary/aromatic N) is 2. The number of fused-ring (bicyclic) bond motifs is 1. The Morgan fingerprint density at radius 3 is 3.07 bits per heavy atom. The molecular weight excluding hydrogens is 248 g/mol. The molecule has 0 aliphatic carbocycles. The van der Waals surface area contributed by atoms with Crippen molar-refractivity contribution in [1.82, 2.24) is 9.78 Å². The summed E-state index contributed by atoms with van der Waals surface area (Å²) in [6.45, 7) is -0.105. The summed E-state index contributed by atoms with van der Waals surface area (Å²) >= 11 is 3.33. The van der Waals surface area contributed by atoms with Gasteiger partial charge < -0.3 is 5.11 Å². The summed E-state index contributed by atoms with van der Waals surface area (Å²) in [5.74, 6) is -0.892. The molecule has 72 valence electrons. The molecule has 0 radical (unpaired) electrons. The van der Waals surface area contributed by atoms with Crippen molar-refractivity contribution < 1.29 is 9.90 Å². The molecule has 0 saturated heterocycles. The lowest BCUT2D eigenvalue weighted by atomic mass is 10.3. The van der Waals surface area contributed by atoms with Crippen LogP contribution in [0.25, 0.3) is 10.9 Å². The number of carboxylic acid groups (broad SMARTS) is 1. The second-order valence-corrected chi connectivity index (χ2v) is 3.84. The quantitative estimate of drug-likeness (QED) is 0.891. The summed E-state index contributed by atoms with van der Waals surface area (Å²) < 4.78 is 2.35. The third-order valence-corrected chi connectivity index (χ3v) is 2.31. The Bertz CT molecular complexity index is 493. The van der Waals surface area contributed by atoms with E-state index in [-0.39, 0.29) is 6.54 Å². The number of halogens is 1. The van der Waals surface area contributed by atoms with Crippen molar-refractivity contribution in [1.29, 1.82) is 0 Å². The fraction of sp³-hybridized carbons (Fsp3) is 0.111. The van der Waals surface area contributed by atoms with Gasteiger partial charge in [0.2, 0.25) is 0 Å². The zero-order chi connectivity index (χ0) is 10.1. The summed E-state index contributed by atoms with van der Waals surface area (Å²) in [7, 11) is 0. The van der Waals surface area contributed by atoms with Gasteiger partial charge in [0.25, 0.3) is 0 Å². The maximum atomic E-state index is 10.4. The van der Waals surface area contributed by atoms with Crippen molar-refractivity contribution in [3.8, 4) is 0 Å². The van der Waals surface area contributed by atoms with Gasteiger partial charge in [0.1, 0.15) is 6.54 Å². The standard InChI is InChI=1S/C9H7BrN2O2/c10-7-2-1-6-4-12(5-9(13)14)11-8(6)3-7/h1-4H,5H2,(H,13,14). The van der Waals surface area contributed by atoms with E-state index in [4.69, 9.17) is 5.11 Å². The Hall–Kier alpha value is -1.36. The predicted molar refractivity (Wildman–Crippen MR) is 55.1 cm³/mol. The molecule has 0 spiro atoms. The van der Waals surface area contributed by atoms with Gasteiger partial charge in [0.05, 0.1) is 5.52 Å². The summed E-state index contributed by atoms with van der Waals surface area (Å²) in [6.07, 6.45) is 1.72. The van der Waals surface area contributed by atoms with Crippen molar-refractivity contribution in [2.24, 2.45) is 0 Å². The Morgan fingerprint density at radius 1 is 1.57 bits per heavy atom. The van der Waals surface area contributed by atoms with Crippen LogP contribution in [0.5, 0.6) is 0 Å². The molecule has 0 aliphatic heterocycles. The van der Waals surface area contributed by atoms with Crippen LogP contribution < -0.4 is 0 Å². The zero-order valence-electron chi connectivity index (χ0n) is 7.14. The second kappa shape index (κ2) is 3.42. The van der Waals surface area contributed by atoms with Gasteiger partial charge in [-0.3, -0.25) is 9.48 Å². The Kier molecular flexibility index (Phi) is 2.25. The van der Waals surface area contributed by atoms with Crippen LogP contribution in [-0.2, 0) is 11.3 Å². The highest BCUT2D eigenvalue weighted by Crippen LogP contribution is 2.17. The van der Waals surface area contributed by atoms with Crippen molar-refractivity contribution in [2.75, 3.05) is 0 Å². The van der Waals surface area contributed by atoms with E-state index in [1.54, 1.807) is 6.20 Å². The highest BCUT2D eigenvalue weighted by Gasteiger charge is 2.03. The highest BCUT2D eigenvalue weighted by atomic mass is 79.9. The molecule has 1 aromatic carbocycles. The molecule has 1 aromatic heterocycles. The molecule has 0 saturated carbocycles. The van der Waals surface area contributed by atoms with E-state index < -0.39 is 5.97 Å². The maximum absolute atomic E-state index is 10.4. The van der Waals surface area contributed by atoms with E-state index in [2.05, 4.69) is 21.0 Å². The minimum absolute atomic E-state index is 0.105. The van der Waals surface area contributed by atoms with Gasteiger partial charge in [-0.1, -0.05) is 22.0 Å². The molecule has 0 bridgehead atoms. The Morgan fingerprint density at radius 2 is 2.36 bits per heavy atom. The van der Waals surface area contributed by atoms with Gasteiger partial charge in [0.15, 0.2) is 0 Å². The van der Waals surface area contributed by atoms with Crippen LogP contribution in [0.1, 0.15) is 0 Å². The number of carboxylic acids is 1. The molecule has 0 aliphatic rings. The van der Waals surface area contributed by atoms with Gasteiger partial charge in [-0.15, -0.1) is 0 Å². The van der Waals surface area contributed by atoms with E-state index in [0.29, 0.717) is 0 Å². The molecule has 14 heavy (non-hydrogen) atoms. The first-order valence-electron chi connectivity index (χ1n) is 4.00. The van der Waals surface area contributed by atoms with E-state index in [9.17, 15) is 4.79 Å². The highest BCUT2D eigenvalue weighted by molar-refractivity contribution is 9.10. The number of aliphatic carboxylic acids is 1. The summed E-state index contributed by atoms with van der Waals surface area (Å²) in [5.41, 5.74) is 0.792. The first kappa shape index (κ1) is 9.21. The largest absolute Gasteiger partial charge is 0.480 e.